The van der Waals surface area contributed by atoms with Crippen LogP contribution >= 0.6 is 0 Å². The number of nitrogens with zero attached hydrogens (tertiary/aromatic N) is 2. The van der Waals surface area contributed by atoms with Crippen LogP contribution in [0.25, 0.3) is 17.1 Å². The average molecular weight is 211 g/mol. The molecule has 80 valence electrons. The Balaban J connectivity index is 1.89. The summed E-state index contributed by atoms with van der Waals surface area (Å²) in [6, 6.07) is 8.05. The van der Waals surface area contributed by atoms with E-state index in [1.54, 1.807) is 6.20 Å². The molecule has 1 N–H and O–H groups in total. The summed E-state index contributed by atoms with van der Waals surface area (Å²) >= 11 is 0. The van der Waals surface area contributed by atoms with Crippen molar-refractivity contribution in [3.63, 3.8) is 0 Å². The number of nitrogens with one attached hydrogen (secondary N) is 1. The zero-order valence-electron chi connectivity index (χ0n) is 8.93. The van der Waals surface area contributed by atoms with Crippen molar-refractivity contribution in [1.29, 1.82) is 0 Å². The van der Waals surface area contributed by atoms with E-state index < -0.39 is 0 Å². The highest BCUT2D eigenvalue weighted by Crippen LogP contribution is 2.12. The van der Waals surface area contributed by atoms with Crippen LogP contribution in [0, 0.1) is 5.92 Å². The third-order valence-electron chi connectivity index (χ3n) is 2.84. The molecule has 1 saturated heterocycles. The number of hydrogen-bond donors (Lipinski definition) is 1. The molecular formula is C13H13N3. The van der Waals surface area contributed by atoms with Crippen molar-refractivity contribution >= 4 is 17.1 Å². The monoisotopic (exact) mass is 211 g/mol. The van der Waals surface area contributed by atoms with Gasteiger partial charge in [0.15, 0.2) is 5.65 Å². The van der Waals surface area contributed by atoms with Crippen LogP contribution in [0.1, 0.15) is 5.69 Å². The van der Waals surface area contributed by atoms with Gasteiger partial charge in [0.2, 0.25) is 0 Å². The SMILES string of the molecule is C(=C\C1CNC1)/c1ccc2cccnc2n1. The summed E-state index contributed by atoms with van der Waals surface area (Å²) in [5, 5.41) is 4.33. The van der Waals surface area contributed by atoms with Gasteiger partial charge in [0.25, 0.3) is 0 Å². The highest BCUT2D eigenvalue weighted by atomic mass is 14.9. The van der Waals surface area contributed by atoms with Crippen LogP contribution in [0.5, 0.6) is 0 Å². The minimum atomic E-state index is 0.668. The zero-order chi connectivity index (χ0) is 10.8. The van der Waals surface area contributed by atoms with E-state index in [0.717, 1.165) is 29.8 Å². The molecule has 0 spiro atoms. The molecule has 3 rings (SSSR count). The van der Waals surface area contributed by atoms with Crippen molar-refractivity contribution in [2.75, 3.05) is 13.1 Å². The smallest absolute Gasteiger partial charge is 0.159 e. The minimum Gasteiger partial charge on any atom is -0.315 e. The molecule has 3 heterocycles. The Morgan fingerprint density at radius 3 is 3.00 bits per heavy atom. The molecule has 0 amide bonds. The van der Waals surface area contributed by atoms with Gasteiger partial charge in [-0.05, 0) is 30.3 Å². The summed E-state index contributed by atoms with van der Waals surface area (Å²) in [7, 11) is 0. The van der Waals surface area contributed by atoms with Gasteiger partial charge >= 0.3 is 0 Å². The molecule has 2 aromatic rings. The average Bonchev–Trinajstić information content (AvgIpc) is 2.27. The van der Waals surface area contributed by atoms with Gasteiger partial charge in [-0.25, -0.2) is 9.97 Å². The molecule has 0 aromatic carbocycles. The zero-order valence-corrected chi connectivity index (χ0v) is 8.93. The maximum Gasteiger partial charge on any atom is 0.159 e. The van der Waals surface area contributed by atoms with E-state index in [-0.39, 0.29) is 0 Å². The predicted octanol–water partition coefficient (Wildman–Crippen LogP) is 1.86. The van der Waals surface area contributed by atoms with Crippen LogP contribution in [-0.4, -0.2) is 23.1 Å². The number of hydrogen-bond acceptors (Lipinski definition) is 3. The lowest BCUT2D eigenvalue weighted by Gasteiger charge is -2.23. The fraction of sp³-hybridized carbons (Fsp3) is 0.231. The summed E-state index contributed by atoms with van der Waals surface area (Å²) in [6.45, 7) is 2.17. The lowest BCUT2D eigenvalue weighted by atomic mass is 10.0. The Morgan fingerprint density at radius 2 is 2.19 bits per heavy atom. The molecule has 1 aliphatic heterocycles. The quantitative estimate of drug-likeness (QED) is 0.824. The number of fused-ring (bicyclic) bond motifs is 1. The molecule has 1 fully saturated rings. The maximum atomic E-state index is 4.49. The largest absolute Gasteiger partial charge is 0.315 e. The van der Waals surface area contributed by atoms with Gasteiger partial charge in [-0.15, -0.1) is 0 Å². The van der Waals surface area contributed by atoms with Crippen LogP contribution in [0.3, 0.4) is 0 Å². The second-order valence-electron chi connectivity index (χ2n) is 4.06. The van der Waals surface area contributed by atoms with Gasteiger partial charge < -0.3 is 5.32 Å². The van der Waals surface area contributed by atoms with Gasteiger partial charge in [-0.2, -0.15) is 0 Å². The second-order valence-corrected chi connectivity index (χ2v) is 4.06. The maximum absolute atomic E-state index is 4.49. The van der Waals surface area contributed by atoms with E-state index in [4.69, 9.17) is 0 Å². The fourth-order valence-electron chi connectivity index (χ4n) is 1.74. The molecule has 1 aliphatic rings. The number of rotatable bonds is 2. The van der Waals surface area contributed by atoms with Gasteiger partial charge in [-0.3, -0.25) is 0 Å². The first-order chi connectivity index (χ1) is 7.92. The summed E-state index contributed by atoms with van der Waals surface area (Å²) < 4.78 is 0. The van der Waals surface area contributed by atoms with Gasteiger partial charge in [-0.1, -0.05) is 6.08 Å². The van der Waals surface area contributed by atoms with E-state index in [0.29, 0.717) is 5.92 Å². The van der Waals surface area contributed by atoms with Crippen molar-refractivity contribution < 1.29 is 0 Å². The van der Waals surface area contributed by atoms with Crippen LogP contribution < -0.4 is 5.32 Å². The van der Waals surface area contributed by atoms with Crippen LogP contribution in [0.4, 0.5) is 0 Å². The highest BCUT2D eigenvalue weighted by Gasteiger charge is 2.12. The summed E-state index contributed by atoms with van der Waals surface area (Å²) in [4.78, 5) is 8.73. The molecule has 0 radical (unpaired) electrons. The van der Waals surface area contributed by atoms with E-state index in [1.807, 2.05) is 18.2 Å². The standard InChI is InChI=1S/C13H13N3/c1-2-11-4-6-12(16-13(11)15-7-1)5-3-10-8-14-9-10/h1-7,10,14H,8-9H2/b5-3+. The third-order valence-corrected chi connectivity index (χ3v) is 2.84. The van der Waals surface area contributed by atoms with Gasteiger partial charge in [0.05, 0.1) is 5.69 Å². The first kappa shape index (κ1) is 9.48. The third kappa shape index (κ3) is 1.82. The predicted molar refractivity (Wildman–Crippen MR) is 64.9 cm³/mol. The lowest BCUT2D eigenvalue weighted by molar-refractivity contribution is 0.420. The molecule has 3 nitrogen and oxygen atoms in total. The normalized spacial score (nSPS) is 16.8. The number of aromatic nitrogens is 2. The Bertz CT molecular complexity index is 529. The first-order valence-electron chi connectivity index (χ1n) is 5.52. The van der Waals surface area contributed by atoms with Crippen molar-refractivity contribution in [1.82, 2.24) is 15.3 Å². The second kappa shape index (κ2) is 4.02. The minimum absolute atomic E-state index is 0.668. The van der Waals surface area contributed by atoms with E-state index in [9.17, 15) is 0 Å². The summed E-state index contributed by atoms with van der Waals surface area (Å²) in [6.07, 6.45) is 6.08. The summed E-state index contributed by atoms with van der Waals surface area (Å²) in [5.74, 6) is 0.668. The van der Waals surface area contributed by atoms with Crippen LogP contribution in [0.2, 0.25) is 0 Å². The lowest BCUT2D eigenvalue weighted by Crippen LogP contribution is -2.40. The van der Waals surface area contributed by atoms with Crippen molar-refractivity contribution in [3.8, 4) is 0 Å². The first-order valence-corrected chi connectivity index (χ1v) is 5.52. The molecule has 3 heteroatoms. The number of pyridine rings is 2. The highest BCUT2D eigenvalue weighted by molar-refractivity contribution is 5.75. The molecule has 0 atom stereocenters. The molecule has 0 unspecified atom stereocenters. The molecule has 2 aromatic heterocycles. The van der Waals surface area contributed by atoms with Crippen molar-refractivity contribution in [3.05, 3.63) is 42.2 Å². The van der Waals surface area contributed by atoms with Crippen LogP contribution in [0.15, 0.2) is 36.5 Å². The Labute approximate surface area is 94.2 Å². The molecule has 0 saturated carbocycles. The van der Waals surface area contributed by atoms with Crippen molar-refractivity contribution in [2.45, 2.75) is 0 Å². The van der Waals surface area contributed by atoms with Gasteiger partial charge in [0, 0.05) is 30.6 Å². The van der Waals surface area contributed by atoms with E-state index in [2.05, 4.69) is 33.5 Å². The van der Waals surface area contributed by atoms with E-state index >= 15 is 0 Å². The molecular weight excluding hydrogens is 198 g/mol. The topological polar surface area (TPSA) is 37.8 Å². The van der Waals surface area contributed by atoms with Crippen molar-refractivity contribution in [2.24, 2.45) is 5.92 Å². The fourth-order valence-corrected chi connectivity index (χ4v) is 1.74. The van der Waals surface area contributed by atoms with Crippen LogP contribution in [-0.2, 0) is 0 Å². The Hall–Kier alpha value is -1.74. The molecule has 16 heavy (non-hydrogen) atoms. The van der Waals surface area contributed by atoms with Gasteiger partial charge in [0.1, 0.15) is 0 Å². The summed E-state index contributed by atoms with van der Waals surface area (Å²) in [5.41, 5.74) is 1.80. The molecule has 0 aliphatic carbocycles. The Morgan fingerprint density at radius 1 is 1.25 bits per heavy atom. The Kier molecular flexibility index (Phi) is 2.38. The van der Waals surface area contributed by atoms with E-state index in [1.165, 1.54) is 0 Å². The molecule has 0 bridgehead atoms.